The zero-order valence-electron chi connectivity index (χ0n) is 10.4. The Kier molecular flexibility index (Phi) is 4.51. The molecule has 1 aromatic carbocycles. The van der Waals surface area contributed by atoms with Gasteiger partial charge in [0.05, 0.1) is 5.56 Å². The monoisotopic (exact) mass is 246 g/mol. The van der Waals surface area contributed by atoms with Crippen molar-refractivity contribution >= 4 is 12.3 Å². The number of carbonyl (C=O) groups excluding carboxylic acids is 2. The van der Waals surface area contributed by atoms with Crippen molar-refractivity contribution in [3.63, 3.8) is 0 Å². The van der Waals surface area contributed by atoms with E-state index in [1.165, 1.54) is 12.8 Å². The Hall–Kier alpha value is -1.64. The first kappa shape index (κ1) is 12.8. The maximum atomic E-state index is 11.9. The molecule has 0 atom stereocenters. The van der Waals surface area contributed by atoms with Gasteiger partial charge in [-0.3, -0.25) is 4.79 Å². The van der Waals surface area contributed by atoms with Gasteiger partial charge in [-0.05, 0) is 37.8 Å². The van der Waals surface area contributed by atoms with E-state index in [1.54, 1.807) is 24.3 Å². The van der Waals surface area contributed by atoms with Gasteiger partial charge in [0.2, 0.25) is 0 Å². The first-order valence-corrected chi connectivity index (χ1v) is 6.56. The third-order valence-corrected chi connectivity index (χ3v) is 3.36. The highest BCUT2D eigenvalue weighted by Crippen LogP contribution is 2.20. The summed E-state index contributed by atoms with van der Waals surface area (Å²) in [6.07, 6.45) is 7.52. The van der Waals surface area contributed by atoms with Gasteiger partial charge in [0, 0.05) is 5.56 Å². The number of benzene rings is 1. The molecule has 0 unspecified atom stereocenters. The Bertz CT molecular complexity index is 400. The van der Waals surface area contributed by atoms with E-state index in [2.05, 4.69) is 0 Å². The molecule has 3 nitrogen and oxygen atoms in total. The summed E-state index contributed by atoms with van der Waals surface area (Å²) >= 11 is 0. The van der Waals surface area contributed by atoms with E-state index in [9.17, 15) is 9.59 Å². The van der Waals surface area contributed by atoms with E-state index in [1.807, 2.05) is 0 Å². The fraction of sp³-hybridized carbons (Fsp3) is 0.467. The Morgan fingerprint density at radius 1 is 1.06 bits per heavy atom. The van der Waals surface area contributed by atoms with Crippen molar-refractivity contribution in [3.8, 4) is 0 Å². The summed E-state index contributed by atoms with van der Waals surface area (Å²) in [5.41, 5.74) is 1.09. The van der Waals surface area contributed by atoms with Crippen molar-refractivity contribution in [2.75, 3.05) is 0 Å². The highest BCUT2D eigenvalue weighted by atomic mass is 16.5. The molecule has 1 aliphatic carbocycles. The van der Waals surface area contributed by atoms with Crippen LogP contribution in [0.4, 0.5) is 0 Å². The van der Waals surface area contributed by atoms with Crippen LogP contribution in [0.2, 0.25) is 0 Å². The Labute approximate surface area is 107 Å². The van der Waals surface area contributed by atoms with Gasteiger partial charge >= 0.3 is 5.97 Å². The summed E-state index contributed by atoms with van der Waals surface area (Å²) in [6, 6.07) is 6.55. The third-order valence-electron chi connectivity index (χ3n) is 3.36. The largest absolute Gasteiger partial charge is 0.459 e. The van der Waals surface area contributed by atoms with Crippen LogP contribution in [0.3, 0.4) is 0 Å². The molecule has 0 N–H and O–H groups in total. The zero-order chi connectivity index (χ0) is 12.8. The lowest BCUT2D eigenvalue weighted by Crippen LogP contribution is -2.17. The van der Waals surface area contributed by atoms with Crippen molar-refractivity contribution in [1.29, 1.82) is 0 Å². The predicted molar refractivity (Wildman–Crippen MR) is 68.7 cm³/mol. The highest BCUT2D eigenvalue weighted by molar-refractivity contribution is 5.90. The summed E-state index contributed by atoms with van der Waals surface area (Å²) in [7, 11) is 0. The highest BCUT2D eigenvalue weighted by Gasteiger charge is 2.17. The minimum absolute atomic E-state index is 0.0609. The maximum Gasteiger partial charge on any atom is 0.338 e. The summed E-state index contributed by atoms with van der Waals surface area (Å²) in [6.45, 7) is 0. The molecule has 1 fully saturated rings. The van der Waals surface area contributed by atoms with E-state index in [-0.39, 0.29) is 12.1 Å². The molecule has 0 heterocycles. The van der Waals surface area contributed by atoms with Crippen molar-refractivity contribution in [3.05, 3.63) is 35.4 Å². The summed E-state index contributed by atoms with van der Waals surface area (Å²) in [5, 5.41) is 0. The molecule has 2 rings (SSSR count). The van der Waals surface area contributed by atoms with Crippen LogP contribution in [0.15, 0.2) is 24.3 Å². The number of ether oxygens (including phenoxy) is 1. The van der Waals surface area contributed by atoms with E-state index in [0.717, 1.165) is 32.0 Å². The fourth-order valence-corrected chi connectivity index (χ4v) is 2.28. The lowest BCUT2D eigenvalue weighted by molar-refractivity contribution is 0.0267. The molecule has 3 heteroatoms. The van der Waals surface area contributed by atoms with Gasteiger partial charge in [-0.1, -0.05) is 25.0 Å². The molecule has 0 aliphatic heterocycles. The van der Waals surface area contributed by atoms with Crippen LogP contribution < -0.4 is 0 Å². The van der Waals surface area contributed by atoms with Gasteiger partial charge < -0.3 is 4.74 Å². The van der Waals surface area contributed by atoms with Gasteiger partial charge in [0.1, 0.15) is 12.4 Å². The molecule has 0 radical (unpaired) electrons. The van der Waals surface area contributed by atoms with Crippen LogP contribution in [-0.2, 0) is 4.74 Å². The second-order valence-corrected chi connectivity index (χ2v) is 4.76. The number of hydrogen-bond donors (Lipinski definition) is 0. The average Bonchev–Trinajstić information content (AvgIpc) is 2.67. The van der Waals surface area contributed by atoms with Crippen LogP contribution in [0.1, 0.15) is 59.2 Å². The summed E-state index contributed by atoms with van der Waals surface area (Å²) in [4.78, 5) is 22.4. The smallest absolute Gasteiger partial charge is 0.338 e. The zero-order valence-corrected chi connectivity index (χ0v) is 10.4. The summed E-state index contributed by atoms with van der Waals surface area (Å²) in [5.74, 6) is -0.278. The van der Waals surface area contributed by atoms with Crippen molar-refractivity contribution < 1.29 is 14.3 Å². The normalized spacial score (nSPS) is 16.9. The molecule has 18 heavy (non-hydrogen) atoms. The molecule has 1 saturated carbocycles. The summed E-state index contributed by atoms with van der Waals surface area (Å²) < 4.78 is 5.50. The van der Waals surface area contributed by atoms with Crippen molar-refractivity contribution in [2.45, 2.75) is 44.6 Å². The minimum Gasteiger partial charge on any atom is -0.459 e. The third kappa shape index (κ3) is 3.42. The van der Waals surface area contributed by atoms with Gasteiger partial charge in [0.15, 0.2) is 0 Å². The quantitative estimate of drug-likeness (QED) is 0.466. The van der Waals surface area contributed by atoms with E-state index >= 15 is 0 Å². The van der Waals surface area contributed by atoms with Gasteiger partial charge in [-0.2, -0.15) is 0 Å². The van der Waals surface area contributed by atoms with Crippen molar-refractivity contribution in [1.82, 2.24) is 0 Å². The first-order chi connectivity index (χ1) is 8.79. The molecule has 1 aliphatic rings. The van der Waals surface area contributed by atoms with Crippen LogP contribution in [0, 0.1) is 0 Å². The molecule has 0 aromatic heterocycles. The average molecular weight is 246 g/mol. The fourth-order valence-electron chi connectivity index (χ4n) is 2.28. The molecular weight excluding hydrogens is 228 g/mol. The number of aldehydes is 1. The predicted octanol–water partition coefficient (Wildman–Crippen LogP) is 3.38. The molecule has 0 bridgehead atoms. The van der Waals surface area contributed by atoms with Crippen LogP contribution >= 0.6 is 0 Å². The standard InChI is InChI=1S/C15H18O3/c16-11-12-7-9-13(10-8-12)15(17)18-14-5-3-1-2-4-6-14/h7-11,14H,1-6H2. The van der Waals surface area contributed by atoms with Crippen molar-refractivity contribution in [2.24, 2.45) is 0 Å². The molecule has 96 valence electrons. The number of esters is 1. The Morgan fingerprint density at radius 3 is 2.22 bits per heavy atom. The molecule has 0 saturated heterocycles. The second-order valence-electron chi connectivity index (χ2n) is 4.76. The van der Waals surface area contributed by atoms with E-state index < -0.39 is 0 Å². The minimum atomic E-state index is -0.278. The number of carbonyl (C=O) groups is 2. The molecule has 0 amide bonds. The molecule has 0 spiro atoms. The van der Waals surface area contributed by atoms with E-state index in [4.69, 9.17) is 4.74 Å². The van der Waals surface area contributed by atoms with Gasteiger partial charge in [-0.25, -0.2) is 4.79 Å². The maximum absolute atomic E-state index is 11.9. The van der Waals surface area contributed by atoms with E-state index in [0.29, 0.717) is 11.1 Å². The Balaban J connectivity index is 1.95. The lowest BCUT2D eigenvalue weighted by atomic mass is 10.1. The number of rotatable bonds is 3. The van der Waals surface area contributed by atoms with Crippen LogP contribution in [-0.4, -0.2) is 18.4 Å². The van der Waals surface area contributed by atoms with Crippen LogP contribution in [0.25, 0.3) is 0 Å². The van der Waals surface area contributed by atoms with Gasteiger partial charge in [0.25, 0.3) is 0 Å². The Morgan fingerprint density at radius 2 is 1.67 bits per heavy atom. The van der Waals surface area contributed by atoms with Gasteiger partial charge in [-0.15, -0.1) is 0 Å². The molecule has 1 aromatic rings. The molecular formula is C15H18O3. The van der Waals surface area contributed by atoms with Crippen LogP contribution in [0.5, 0.6) is 0 Å². The second kappa shape index (κ2) is 6.34. The first-order valence-electron chi connectivity index (χ1n) is 6.56. The number of hydrogen-bond acceptors (Lipinski definition) is 3. The lowest BCUT2D eigenvalue weighted by Gasteiger charge is -2.15. The SMILES string of the molecule is O=Cc1ccc(C(=O)OC2CCCCCC2)cc1. The topological polar surface area (TPSA) is 43.4 Å².